The number of carbonyl (C=O) groups excluding carboxylic acids is 1. The third kappa shape index (κ3) is 3.59. The molecule has 2 aromatic heterocycles. The predicted molar refractivity (Wildman–Crippen MR) is 156 cm³/mol. The van der Waals surface area contributed by atoms with Crippen molar-refractivity contribution in [2.75, 3.05) is 0 Å². The molecule has 0 radical (unpaired) electrons. The van der Waals surface area contributed by atoms with Crippen LogP contribution in [-0.4, -0.2) is 26.6 Å². The Bertz CT molecular complexity index is 2060. The molecule has 2 aliphatic carbocycles. The number of benzene rings is 2. The van der Waals surface area contributed by atoms with Crippen molar-refractivity contribution in [3.8, 4) is 15.6 Å². The van der Waals surface area contributed by atoms with Crippen LogP contribution in [0.5, 0.6) is 5.88 Å². The molecule has 0 saturated heterocycles. The Hall–Kier alpha value is -4.19. The smallest absolute Gasteiger partial charge is 0.236 e. The van der Waals surface area contributed by atoms with Crippen LogP contribution >= 0.6 is 22.7 Å². The number of thiazole rings is 2. The monoisotopic (exact) mass is 580 g/mol. The molecule has 0 amide bonds. The summed E-state index contributed by atoms with van der Waals surface area (Å²) in [5.41, 5.74) is 0.223. The number of rotatable bonds is 2. The Balaban J connectivity index is 1.27. The topological polar surface area (TPSA) is 131 Å². The number of nitrogens with zero attached hydrogens (tertiary/aromatic N) is 4. The molecule has 1 atom stereocenters. The van der Waals surface area contributed by atoms with E-state index in [1.807, 2.05) is 0 Å². The van der Waals surface area contributed by atoms with Gasteiger partial charge in [-0.25, -0.2) is 15.0 Å². The second-order valence-electron chi connectivity index (χ2n) is 10.4. The molecule has 0 bridgehead atoms. The number of fused-ring (bicyclic) bond motifs is 6. The normalized spacial score (nSPS) is 19.8. The number of hydrogen-bond donors (Lipinski definition) is 1. The summed E-state index contributed by atoms with van der Waals surface area (Å²) >= 11 is 2.53. The van der Waals surface area contributed by atoms with Crippen LogP contribution in [0.25, 0.3) is 20.5 Å². The fraction of sp³-hybridized carbons (Fsp3) is 0.233. The van der Waals surface area contributed by atoms with E-state index in [1.165, 1.54) is 22.7 Å². The highest BCUT2D eigenvalue weighted by molar-refractivity contribution is 7.25. The van der Waals surface area contributed by atoms with Gasteiger partial charge in [0.25, 0.3) is 0 Å². The average molecular weight is 581 g/mol. The van der Waals surface area contributed by atoms with E-state index in [0.717, 1.165) is 42.7 Å². The molecule has 1 N–H and O–H groups in total. The minimum Gasteiger partial charge on any atom is -0.463 e. The molecule has 1 aliphatic heterocycles. The number of aliphatic hydroxyl groups excluding tert-OH is 1. The van der Waals surface area contributed by atoms with Crippen LogP contribution in [0.2, 0.25) is 0 Å². The lowest BCUT2D eigenvalue weighted by Crippen LogP contribution is -2.38. The number of aliphatic hydroxyl groups is 1. The molecule has 41 heavy (non-hydrogen) atoms. The SMILES string of the molecule is O=C1/C(=N/c2nc3c(s2)-c2sc(N=c4c(=O)c5ccccc5c4=O)nc2C2(CCCCC2)O3)C(O)c2ccccc21. The summed E-state index contributed by atoms with van der Waals surface area (Å²) in [6, 6.07) is 13.6. The van der Waals surface area contributed by atoms with E-state index in [0.29, 0.717) is 42.9 Å². The van der Waals surface area contributed by atoms with Crippen molar-refractivity contribution in [2.45, 2.75) is 43.8 Å². The molecule has 3 heterocycles. The molecule has 11 heteroatoms. The maximum Gasteiger partial charge on any atom is 0.236 e. The first-order valence-electron chi connectivity index (χ1n) is 13.3. The Morgan fingerprint density at radius 1 is 0.829 bits per heavy atom. The van der Waals surface area contributed by atoms with Crippen LogP contribution in [0.1, 0.15) is 59.8 Å². The Kier molecular flexibility index (Phi) is 5.34. The molecule has 202 valence electrons. The van der Waals surface area contributed by atoms with Gasteiger partial charge in [-0.05, 0) is 31.2 Å². The molecule has 3 aromatic carbocycles. The lowest BCUT2D eigenvalue weighted by Gasteiger charge is -2.38. The number of ether oxygens (including phenoxy) is 1. The van der Waals surface area contributed by atoms with Crippen LogP contribution in [0.3, 0.4) is 0 Å². The summed E-state index contributed by atoms with van der Waals surface area (Å²) in [6.07, 6.45) is 3.37. The number of aromatic nitrogens is 2. The molecule has 1 spiro atoms. The standard InChI is InChI=1S/C30H20N4O5S2/c35-20-14-8-2-3-9-15(14)21(36)18(20)31-28-33-26-24(40-28)25-27(39-30(26)12-6-1-7-13-30)34-29(41-25)32-19-22(37)16-10-4-5-11-17(16)23(19)38/h2-5,8-11,22,37H,1,6-7,12-13H2/b32-19+. The molecule has 8 rings (SSSR count). The second-order valence-corrected chi connectivity index (χ2v) is 12.4. The van der Waals surface area contributed by atoms with Gasteiger partial charge in [-0.15, -0.1) is 0 Å². The molecule has 3 aliphatic rings. The zero-order valence-corrected chi connectivity index (χ0v) is 23.1. The maximum absolute atomic E-state index is 13.0. The van der Waals surface area contributed by atoms with Gasteiger partial charge in [-0.3, -0.25) is 14.4 Å². The van der Waals surface area contributed by atoms with Crippen molar-refractivity contribution in [1.82, 2.24) is 9.97 Å². The third-order valence-corrected chi connectivity index (χ3v) is 10.1. The highest BCUT2D eigenvalue weighted by Gasteiger charge is 2.46. The van der Waals surface area contributed by atoms with Crippen LogP contribution < -0.4 is 21.0 Å². The van der Waals surface area contributed by atoms with E-state index in [1.54, 1.807) is 48.5 Å². The second kappa shape index (κ2) is 8.90. The van der Waals surface area contributed by atoms with Gasteiger partial charge in [0.15, 0.2) is 11.0 Å². The van der Waals surface area contributed by atoms with Gasteiger partial charge in [0.2, 0.25) is 32.8 Å². The lowest BCUT2D eigenvalue weighted by atomic mass is 9.81. The highest BCUT2D eigenvalue weighted by atomic mass is 32.1. The predicted octanol–water partition coefficient (Wildman–Crippen LogP) is 4.80. The zero-order valence-electron chi connectivity index (χ0n) is 21.4. The van der Waals surface area contributed by atoms with E-state index < -0.39 is 22.6 Å². The van der Waals surface area contributed by atoms with Gasteiger partial charge in [0.05, 0.1) is 4.88 Å². The summed E-state index contributed by atoms with van der Waals surface area (Å²) in [4.78, 5) is 58.9. The average Bonchev–Trinajstić information content (AvgIpc) is 3.72. The molecule has 1 fully saturated rings. The van der Waals surface area contributed by atoms with Crippen molar-refractivity contribution in [3.05, 3.63) is 91.2 Å². The van der Waals surface area contributed by atoms with E-state index in [9.17, 15) is 19.5 Å². The maximum atomic E-state index is 13.0. The molecule has 1 unspecified atom stereocenters. The summed E-state index contributed by atoms with van der Waals surface area (Å²) < 4.78 is 6.57. The first-order valence-corrected chi connectivity index (χ1v) is 15.0. The summed E-state index contributed by atoms with van der Waals surface area (Å²) in [6.45, 7) is 0. The highest BCUT2D eigenvalue weighted by Crippen LogP contribution is 2.56. The summed E-state index contributed by atoms with van der Waals surface area (Å²) in [5.74, 6) is 0.0823. The van der Waals surface area contributed by atoms with Gasteiger partial charge in [0.1, 0.15) is 22.4 Å². The summed E-state index contributed by atoms with van der Waals surface area (Å²) in [7, 11) is 0. The molecular weight excluding hydrogens is 560 g/mol. The number of Topliss-reactive ketones (excluding diaryl/α,β-unsaturated/α-hetero) is 1. The molecular formula is C30H20N4O5S2. The zero-order chi connectivity index (χ0) is 27.9. The van der Waals surface area contributed by atoms with Gasteiger partial charge in [-0.1, -0.05) is 77.6 Å². The number of aliphatic imine (C=N–C) groups is 1. The molecule has 5 aromatic rings. The van der Waals surface area contributed by atoms with E-state index in [4.69, 9.17) is 9.72 Å². The molecule has 1 saturated carbocycles. The van der Waals surface area contributed by atoms with Crippen LogP contribution in [0, 0.1) is 0 Å². The number of carbonyl (C=O) groups is 1. The van der Waals surface area contributed by atoms with Gasteiger partial charge < -0.3 is 9.84 Å². The van der Waals surface area contributed by atoms with E-state index in [-0.39, 0.29) is 16.9 Å². The van der Waals surface area contributed by atoms with Crippen LogP contribution in [-0.2, 0) is 5.60 Å². The molecule has 9 nitrogen and oxygen atoms in total. The van der Waals surface area contributed by atoms with E-state index >= 15 is 0 Å². The van der Waals surface area contributed by atoms with Gasteiger partial charge in [0, 0.05) is 16.3 Å². The number of ketones is 1. The van der Waals surface area contributed by atoms with E-state index in [2.05, 4.69) is 15.0 Å². The Labute approximate surface area is 239 Å². The quantitative estimate of drug-likeness (QED) is 0.317. The first-order chi connectivity index (χ1) is 19.9. The minimum atomic E-state index is -1.13. The van der Waals surface area contributed by atoms with Crippen molar-refractivity contribution in [3.63, 3.8) is 0 Å². The third-order valence-electron chi connectivity index (χ3n) is 8.05. The minimum absolute atomic E-state index is 0.0270. The summed E-state index contributed by atoms with van der Waals surface area (Å²) in [5, 5.41) is 12.0. The first kappa shape index (κ1) is 24.6. The van der Waals surface area contributed by atoms with Crippen LogP contribution in [0.4, 0.5) is 10.3 Å². The van der Waals surface area contributed by atoms with Crippen molar-refractivity contribution < 1.29 is 14.6 Å². The van der Waals surface area contributed by atoms with Gasteiger partial charge >= 0.3 is 0 Å². The Morgan fingerprint density at radius 3 is 2.22 bits per heavy atom. The number of hydrogen-bond acceptors (Lipinski definition) is 11. The largest absolute Gasteiger partial charge is 0.463 e. The fourth-order valence-electron chi connectivity index (χ4n) is 6.07. The van der Waals surface area contributed by atoms with Crippen molar-refractivity contribution >= 4 is 55.2 Å². The van der Waals surface area contributed by atoms with Crippen molar-refractivity contribution in [1.29, 1.82) is 0 Å². The van der Waals surface area contributed by atoms with Crippen molar-refractivity contribution in [2.24, 2.45) is 9.98 Å². The lowest BCUT2D eigenvalue weighted by molar-refractivity contribution is 0.0170. The van der Waals surface area contributed by atoms with Gasteiger partial charge in [-0.2, -0.15) is 4.98 Å². The van der Waals surface area contributed by atoms with Crippen LogP contribution in [0.15, 0.2) is 68.1 Å². The fourth-order valence-corrected chi connectivity index (χ4v) is 8.11. The Morgan fingerprint density at radius 2 is 1.49 bits per heavy atom.